The summed E-state index contributed by atoms with van der Waals surface area (Å²) in [7, 11) is -1.70. The van der Waals surface area contributed by atoms with Gasteiger partial charge in [0.25, 0.3) is 0 Å². The summed E-state index contributed by atoms with van der Waals surface area (Å²) in [4.78, 5) is 27.5. The first-order valence-electron chi connectivity index (χ1n) is 7.72. The molecule has 8 nitrogen and oxygen atoms in total. The number of rotatable bonds is 6. The number of sulfonamides is 1. The van der Waals surface area contributed by atoms with Crippen LogP contribution in [0.2, 0.25) is 5.02 Å². The topological polar surface area (TPSA) is 106 Å². The van der Waals surface area contributed by atoms with Gasteiger partial charge in [0.2, 0.25) is 15.9 Å². The van der Waals surface area contributed by atoms with E-state index >= 15 is 0 Å². The number of aryl methyl sites for hydroxylation is 1. The molecular formula is C17H18ClN3O5S. The van der Waals surface area contributed by atoms with Gasteiger partial charge in [-0.05, 0) is 36.8 Å². The van der Waals surface area contributed by atoms with Crippen molar-refractivity contribution in [3.05, 3.63) is 52.7 Å². The Bertz CT molecular complexity index is 961. The molecule has 2 rings (SSSR count). The zero-order valence-corrected chi connectivity index (χ0v) is 16.5. The first-order valence-corrected chi connectivity index (χ1v) is 9.53. The molecule has 0 saturated heterocycles. The smallest absolute Gasteiger partial charge is 0.337 e. The van der Waals surface area contributed by atoms with Crippen molar-refractivity contribution in [2.75, 3.05) is 26.0 Å². The second-order valence-electron chi connectivity index (χ2n) is 5.67. The van der Waals surface area contributed by atoms with Crippen molar-refractivity contribution in [2.24, 2.45) is 0 Å². The number of carbonyl (C=O) groups excluding carboxylic acids is 2. The summed E-state index contributed by atoms with van der Waals surface area (Å²) < 4.78 is 30.9. The number of aromatic nitrogens is 1. The summed E-state index contributed by atoms with van der Waals surface area (Å²) >= 11 is 5.99. The molecule has 0 aliphatic carbocycles. The van der Waals surface area contributed by atoms with Crippen LogP contribution in [-0.2, 0) is 19.6 Å². The van der Waals surface area contributed by atoms with Crippen molar-refractivity contribution < 1.29 is 22.7 Å². The highest BCUT2D eigenvalue weighted by Crippen LogP contribution is 2.25. The highest BCUT2D eigenvalue weighted by Gasteiger charge is 2.26. The van der Waals surface area contributed by atoms with Crippen LogP contribution in [-0.4, -0.2) is 50.3 Å². The van der Waals surface area contributed by atoms with E-state index in [1.165, 1.54) is 26.3 Å². The number of amides is 1. The molecule has 1 heterocycles. The number of hydrogen-bond acceptors (Lipinski definition) is 6. The molecule has 0 radical (unpaired) electrons. The summed E-state index contributed by atoms with van der Waals surface area (Å²) in [6.07, 6.45) is 1.58. The Morgan fingerprint density at radius 2 is 1.96 bits per heavy atom. The number of pyridine rings is 1. The van der Waals surface area contributed by atoms with Crippen LogP contribution in [0.25, 0.3) is 0 Å². The third kappa shape index (κ3) is 5.03. The average Bonchev–Trinajstić information content (AvgIpc) is 2.63. The number of likely N-dealkylation sites (N-methyl/N-ethyl adjacent to an activating group) is 1. The van der Waals surface area contributed by atoms with Gasteiger partial charge in [-0.2, -0.15) is 4.31 Å². The van der Waals surface area contributed by atoms with Crippen molar-refractivity contribution in [2.45, 2.75) is 11.8 Å². The average molecular weight is 412 g/mol. The molecule has 1 aromatic heterocycles. The molecule has 0 aliphatic heterocycles. The summed E-state index contributed by atoms with van der Waals surface area (Å²) in [6.45, 7) is 1.39. The van der Waals surface area contributed by atoms with Gasteiger partial charge in [-0.15, -0.1) is 0 Å². The number of methoxy groups -OCH3 is 1. The molecule has 1 aromatic carbocycles. The van der Waals surface area contributed by atoms with Crippen molar-refractivity contribution >= 4 is 39.3 Å². The summed E-state index contributed by atoms with van der Waals surface area (Å²) in [6, 6.07) is 7.12. The van der Waals surface area contributed by atoms with Gasteiger partial charge in [-0.3, -0.25) is 4.79 Å². The van der Waals surface area contributed by atoms with E-state index in [1.807, 2.05) is 6.92 Å². The minimum absolute atomic E-state index is 0.0298. The van der Waals surface area contributed by atoms with E-state index < -0.39 is 28.4 Å². The molecule has 0 aliphatic rings. The second kappa shape index (κ2) is 8.47. The van der Waals surface area contributed by atoms with Crippen LogP contribution in [0, 0.1) is 6.92 Å². The molecule has 0 unspecified atom stereocenters. The number of ether oxygens (including phenoxy) is 1. The number of halogens is 1. The molecular weight excluding hydrogens is 394 g/mol. The lowest BCUT2D eigenvalue weighted by Gasteiger charge is -2.18. The molecule has 27 heavy (non-hydrogen) atoms. The van der Waals surface area contributed by atoms with Gasteiger partial charge in [0.1, 0.15) is 10.7 Å². The lowest BCUT2D eigenvalue weighted by atomic mass is 10.2. The lowest BCUT2D eigenvalue weighted by molar-refractivity contribution is -0.116. The Balaban J connectivity index is 2.19. The predicted octanol–water partition coefficient (Wildman–Crippen LogP) is 2.09. The number of nitrogens with zero attached hydrogens (tertiary/aromatic N) is 2. The lowest BCUT2D eigenvalue weighted by Crippen LogP contribution is -2.35. The quantitative estimate of drug-likeness (QED) is 0.729. The Morgan fingerprint density at radius 1 is 1.26 bits per heavy atom. The zero-order chi connectivity index (χ0) is 20.2. The number of hydrogen-bond donors (Lipinski definition) is 1. The van der Waals surface area contributed by atoms with E-state index in [-0.39, 0.29) is 15.5 Å². The molecule has 0 atom stereocenters. The van der Waals surface area contributed by atoms with E-state index in [4.69, 9.17) is 11.6 Å². The fourth-order valence-electron chi connectivity index (χ4n) is 2.13. The molecule has 0 saturated carbocycles. The first-order chi connectivity index (χ1) is 12.6. The number of anilines is 1. The minimum atomic E-state index is -4.12. The van der Waals surface area contributed by atoms with Crippen LogP contribution in [0.3, 0.4) is 0 Å². The second-order valence-corrected chi connectivity index (χ2v) is 8.09. The fraction of sp³-hybridized carbons (Fsp3) is 0.235. The number of esters is 1. The van der Waals surface area contributed by atoms with E-state index in [1.54, 1.807) is 18.3 Å². The molecule has 0 fully saturated rings. The Kier molecular flexibility index (Phi) is 6.53. The van der Waals surface area contributed by atoms with E-state index in [0.29, 0.717) is 5.82 Å². The molecule has 2 aromatic rings. The number of nitrogens with one attached hydrogen (secondary N) is 1. The standard InChI is InChI=1S/C17H18ClN3O5S/c1-11-4-7-15(19-9-11)20-16(22)10-21(2)27(24,25)14-8-12(17(23)26-3)5-6-13(14)18/h4-9H,10H2,1-3H3,(H,19,20,22). The largest absolute Gasteiger partial charge is 0.465 e. The predicted molar refractivity (Wildman–Crippen MR) is 100 cm³/mol. The summed E-state index contributed by atoms with van der Waals surface area (Å²) in [5.74, 6) is -0.964. The van der Waals surface area contributed by atoms with Crippen LogP contribution in [0.15, 0.2) is 41.4 Å². The van der Waals surface area contributed by atoms with Gasteiger partial charge in [-0.1, -0.05) is 17.7 Å². The minimum Gasteiger partial charge on any atom is -0.465 e. The normalized spacial score (nSPS) is 11.3. The molecule has 144 valence electrons. The van der Waals surface area contributed by atoms with Crippen LogP contribution < -0.4 is 5.32 Å². The Morgan fingerprint density at radius 3 is 2.56 bits per heavy atom. The number of carbonyl (C=O) groups is 2. The van der Waals surface area contributed by atoms with Crippen LogP contribution in [0.5, 0.6) is 0 Å². The zero-order valence-electron chi connectivity index (χ0n) is 14.9. The van der Waals surface area contributed by atoms with Crippen molar-refractivity contribution in [3.8, 4) is 0 Å². The third-order valence-electron chi connectivity index (χ3n) is 3.59. The fourth-order valence-corrected chi connectivity index (χ4v) is 3.75. The maximum atomic E-state index is 12.7. The maximum Gasteiger partial charge on any atom is 0.337 e. The third-order valence-corrected chi connectivity index (χ3v) is 5.87. The molecule has 0 bridgehead atoms. The molecule has 1 amide bonds. The van der Waals surface area contributed by atoms with Gasteiger partial charge in [0, 0.05) is 13.2 Å². The highest BCUT2D eigenvalue weighted by atomic mass is 35.5. The molecule has 1 N–H and O–H groups in total. The van der Waals surface area contributed by atoms with Crippen LogP contribution in [0.1, 0.15) is 15.9 Å². The highest BCUT2D eigenvalue weighted by molar-refractivity contribution is 7.89. The van der Waals surface area contributed by atoms with Gasteiger partial charge < -0.3 is 10.1 Å². The van der Waals surface area contributed by atoms with Gasteiger partial charge in [0.05, 0.1) is 24.2 Å². The monoisotopic (exact) mass is 411 g/mol. The summed E-state index contributed by atoms with van der Waals surface area (Å²) in [5.41, 5.74) is 0.954. The number of benzene rings is 1. The molecule has 0 spiro atoms. The van der Waals surface area contributed by atoms with Crippen molar-refractivity contribution in [3.63, 3.8) is 0 Å². The van der Waals surface area contributed by atoms with Crippen molar-refractivity contribution in [1.82, 2.24) is 9.29 Å². The maximum absolute atomic E-state index is 12.7. The summed E-state index contributed by atoms with van der Waals surface area (Å²) in [5, 5.41) is 2.44. The van der Waals surface area contributed by atoms with Crippen molar-refractivity contribution in [1.29, 1.82) is 0 Å². The van der Waals surface area contributed by atoms with Crippen LogP contribution in [0.4, 0.5) is 5.82 Å². The Labute approximate surface area is 162 Å². The van der Waals surface area contributed by atoms with E-state index in [0.717, 1.165) is 15.9 Å². The van der Waals surface area contributed by atoms with E-state index in [2.05, 4.69) is 15.0 Å². The first kappa shape index (κ1) is 20.8. The van der Waals surface area contributed by atoms with Gasteiger partial charge in [0.15, 0.2) is 0 Å². The van der Waals surface area contributed by atoms with Crippen LogP contribution >= 0.6 is 11.6 Å². The SMILES string of the molecule is COC(=O)c1ccc(Cl)c(S(=O)(=O)N(C)CC(=O)Nc2ccc(C)cn2)c1. The van der Waals surface area contributed by atoms with Gasteiger partial charge >= 0.3 is 5.97 Å². The van der Waals surface area contributed by atoms with Gasteiger partial charge in [-0.25, -0.2) is 18.2 Å². The van der Waals surface area contributed by atoms with E-state index in [9.17, 15) is 18.0 Å². The molecule has 10 heteroatoms. The Hall–Kier alpha value is -2.49.